The summed E-state index contributed by atoms with van der Waals surface area (Å²) in [6.07, 6.45) is 0.398. The summed E-state index contributed by atoms with van der Waals surface area (Å²) in [5.41, 5.74) is -9.40. The van der Waals surface area contributed by atoms with Crippen molar-refractivity contribution in [3.8, 4) is 6.01 Å². The Balaban J connectivity index is 0.000000188. The molecule has 0 fully saturated rings. The molecule has 28 heteroatoms. The number of rotatable bonds is 18. The van der Waals surface area contributed by atoms with Crippen LogP contribution in [0.2, 0.25) is 0 Å². The summed E-state index contributed by atoms with van der Waals surface area (Å²) in [5, 5.41) is 1.68. The Hall–Kier alpha value is -8.34. The van der Waals surface area contributed by atoms with Gasteiger partial charge in [0.15, 0.2) is 5.82 Å². The molecule has 1 amide bonds. The summed E-state index contributed by atoms with van der Waals surface area (Å²) in [7, 11) is -19.7. The van der Waals surface area contributed by atoms with Crippen LogP contribution in [0.25, 0.3) is 32.8 Å². The number of para-hydroxylation sites is 2. The Morgan fingerprint density at radius 3 is 1.25 bits per heavy atom. The second-order valence-electron chi connectivity index (χ2n) is 20.9. The molecular formula is C60H56F9N7O9S3. The number of alkyl halides is 9. The first-order chi connectivity index (χ1) is 41.3. The number of nitrogens with zero attached hydrogens (tertiary/aromatic N) is 7. The first-order valence-corrected chi connectivity index (χ1v) is 31.1. The van der Waals surface area contributed by atoms with Gasteiger partial charge in [0.1, 0.15) is 11.3 Å². The second kappa shape index (κ2) is 26.6. The van der Waals surface area contributed by atoms with Crippen molar-refractivity contribution >= 4 is 86.4 Å². The Bertz CT molecular complexity index is 4140. The van der Waals surface area contributed by atoms with Crippen LogP contribution in [0.1, 0.15) is 55.5 Å². The van der Waals surface area contributed by atoms with Crippen molar-refractivity contribution in [1.82, 2.24) is 19.5 Å². The Kier molecular flexibility index (Phi) is 19.8. The van der Waals surface area contributed by atoms with Crippen molar-refractivity contribution in [3.05, 3.63) is 198 Å². The van der Waals surface area contributed by atoms with Crippen LogP contribution in [-0.2, 0) is 77.9 Å². The number of carbonyl (C=O) groups is 1. The van der Waals surface area contributed by atoms with Gasteiger partial charge >= 0.3 is 52.9 Å². The van der Waals surface area contributed by atoms with Gasteiger partial charge in [-0.2, -0.15) is 69.8 Å². The lowest BCUT2D eigenvalue weighted by molar-refractivity contribution is -0.117. The van der Waals surface area contributed by atoms with E-state index in [2.05, 4.69) is 88.6 Å². The number of carbonyl (C=O) groups excluding carboxylic acids is 1. The van der Waals surface area contributed by atoms with E-state index < -0.39 is 52.9 Å². The summed E-state index contributed by atoms with van der Waals surface area (Å²) in [6.45, 7) is 11.2. The lowest BCUT2D eigenvalue weighted by Crippen LogP contribution is -2.34. The van der Waals surface area contributed by atoms with E-state index in [1.165, 1.54) is 15.7 Å². The third-order valence-corrected chi connectivity index (χ3v) is 16.6. The smallest absolute Gasteiger partial charge is 0.348 e. The van der Waals surface area contributed by atoms with Gasteiger partial charge in [-0.25, -0.2) is 9.97 Å². The topological polar surface area (TPSA) is 191 Å². The van der Waals surface area contributed by atoms with Crippen molar-refractivity contribution in [1.29, 1.82) is 0 Å². The fourth-order valence-corrected chi connectivity index (χ4v) is 11.4. The summed E-state index contributed by atoms with van der Waals surface area (Å²) in [6, 6.07) is 55.1. The number of imidazole rings is 1. The highest BCUT2D eigenvalue weighted by molar-refractivity contribution is 8.00. The normalized spacial score (nSPS) is 13.1. The van der Waals surface area contributed by atoms with E-state index in [4.69, 9.17) is 9.97 Å². The minimum atomic E-state index is -6.85. The average molecular weight is 1290 g/mol. The van der Waals surface area contributed by atoms with Crippen LogP contribution in [0, 0.1) is 11.8 Å². The first-order valence-electron chi connectivity index (χ1n) is 26.8. The molecule has 1 aliphatic rings. The number of anilines is 3. The SMILES string of the molecule is CC(C)CN1C(=O)Cc2c(N(Cc3ccccc3)Cc3ccccc3)nc3ccccc3c21.CC(C)Cn1c(OS(=O)(=O)C(F)(F)F)nc2c(N(Cc3ccccc3)Cc3ccccc3)nc3ccccc3c21.O=S(=O)(OS(=O)(=O)C(F)(F)F)C(F)(F)F. The van der Waals surface area contributed by atoms with Crippen LogP contribution < -0.4 is 18.9 Å². The molecule has 466 valence electrons. The van der Waals surface area contributed by atoms with Crippen LogP contribution in [0.3, 0.4) is 0 Å². The molecule has 0 aliphatic carbocycles. The van der Waals surface area contributed by atoms with Gasteiger partial charge < -0.3 is 18.9 Å². The summed E-state index contributed by atoms with van der Waals surface area (Å²) in [5.74, 6) is 1.81. The molecule has 0 unspecified atom stereocenters. The lowest BCUT2D eigenvalue weighted by atomic mass is 10.1. The number of halogens is 9. The van der Waals surface area contributed by atoms with Gasteiger partial charge in [0.25, 0.3) is 0 Å². The molecule has 10 rings (SSSR count). The van der Waals surface area contributed by atoms with Crippen LogP contribution in [0.5, 0.6) is 6.01 Å². The van der Waals surface area contributed by atoms with Gasteiger partial charge in [0.05, 0.1) is 28.7 Å². The maximum atomic E-state index is 13.3. The van der Waals surface area contributed by atoms with Gasteiger partial charge in [0.2, 0.25) is 5.91 Å². The molecule has 6 aromatic carbocycles. The minimum absolute atomic E-state index is 0.0616. The Morgan fingerprint density at radius 1 is 0.477 bits per heavy atom. The van der Waals surface area contributed by atoms with Gasteiger partial charge in [-0.05, 0) is 46.2 Å². The van der Waals surface area contributed by atoms with Gasteiger partial charge in [-0.1, -0.05) is 185 Å². The molecule has 0 radical (unpaired) electrons. The minimum Gasteiger partial charge on any atom is -0.348 e. The molecule has 0 saturated heterocycles. The number of hydrogen-bond acceptors (Lipinski definition) is 14. The number of pyridine rings is 2. The van der Waals surface area contributed by atoms with E-state index in [0.717, 1.165) is 58.7 Å². The van der Waals surface area contributed by atoms with Crippen molar-refractivity contribution < 1.29 is 77.4 Å². The van der Waals surface area contributed by atoms with Crippen LogP contribution in [0.4, 0.5) is 56.8 Å². The zero-order valence-electron chi connectivity index (χ0n) is 47.2. The number of fused-ring (bicyclic) bond motifs is 6. The summed E-state index contributed by atoms with van der Waals surface area (Å²) < 4.78 is 180. The predicted molar refractivity (Wildman–Crippen MR) is 315 cm³/mol. The second-order valence-corrected chi connectivity index (χ2v) is 25.7. The van der Waals surface area contributed by atoms with Crippen LogP contribution >= 0.6 is 0 Å². The molecule has 0 N–H and O–H groups in total. The highest BCUT2D eigenvalue weighted by Crippen LogP contribution is 2.43. The van der Waals surface area contributed by atoms with Gasteiger partial charge in [-0.3, -0.25) is 9.36 Å². The van der Waals surface area contributed by atoms with Crippen LogP contribution in [-0.4, -0.2) is 73.7 Å². The molecule has 16 nitrogen and oxygen atoms in total. The van der Waals surface area contributed by atoms with E-state index in [9.17, 15) is 69.6 Å². The first kappa shape index (κ1) is 65.6. The van der Waals surface area contributed by atoms with Crippen LogP contribution in [0.15, 0.2) is 170 Å². The zero-order chi connectivity index (χ0) is 64.0. The van der Waals surface area contributed by atoms with E-state index in [0.29, 0.717) is 47.7 Å². The standard InChI is InChI=1S/C29H27F3N4O3S.C29H29N3O.C2F6O5S2/c1-20(2)17-36-26-23-15-9-10-16-24(23)33-27(25(26)34-28(36)39-40(37,38)29(30,31)32)35(18-21-11-5-3-6-12-21)19-22-13-7-4-8-14-22;1-21(2)18-32-27(33)17-25-28(32)24-15-9-10-16-26(24)30-29(25)31(19-22-11-5-3-6-12-22)20-23-13-7-4-8-14-23;3-1(4,5)14(9,10)13-15(11,12)2(6,7)8/h3-16,20H,17-19H2,1-2H3;3-16,21H,17-20H2,1-2H3;. The molecule has 0 saturated carbocycles. The molecule has 0 bridgehead atoms. The van der Waals surface area contributed by atoms with E-state index in [1.54, 1.807) is 18.2 Å². The molecule has 9 aromatic rings. The highest BCUT2D eigenvalue weighted by Gasteiger charge is 2.57. The van der Waals surface area contributed by atoms with Crippen molar-refractivity contribution in [2.24, 2.45) is 11.8 Å². The number of hydrogen-bond donors (Lipinski definition) is 0. The Labute approximate surface area is 501 Å². The van der Waals surface area contributed by atoms with E-state index >= 15 is 0 Å². The number of aromatic nitrogens is 4. The summed E-state index contributed by atoms with van der Waals surface area (Å²) in [4.78, 5) is 33.9. The molecule has 88 heavy (non-hydrogen) atoms. The van der Waals surface area contributed by atoms with E-state index in [1.807, 2.05) is 118 Å². The lowest BCUT2D eigenvalue weighted by Gasteiger charge is -2.28. The maximum absolute atomic E-state index is 13.3. The average Bonchev–Trinajstić information content (AvgIpc) is 3.82. The fourth-order valence-electron chi connectivity index (χ4n) is 9.47. The predicted octanol–water partition coefficient (Wildman–Crippen LogP) is 13.4. The molecule has 0 spiro atoms. The molecule has 1 aliphatic heterocycles. The fraction of sp³-hybridized carbons (Fsp3) is 0.267. The summed E-state index contributed by atoms with van der Waals surface area (Å²) >= 11 is 0. The third kappa shape index (κ3) is 15.5. The maximum Gasteiger partial charge on any atom is 0.534 e. The molecule has 3 aromatic heterocycles. The van der Waals surface area contributed by atoms with Crippen molar-refractivity contribution in [2.75, 3.05) is 21.2 Å². The van der Waals surface area contributed by atoms with Gasteiger partial charge in [-0.15, -0.1) is 3.63 Å². The number of amides is 1. The third-order valence-electron chi connectivity index (χ3n) is 13.1. The zero-order valence-corrected chi connectivity index (χ0v) is 49.7. The highest BCUT2D eigenvalue weighted by atomic mass is 32.3. The quantitative estimate of drug-likeness (QED) is 0.0448. The van der Waals surface area contributed by atoms with Crippen molar-refractivity contribution in [3.63, 3.8) is 0 Å². The monoisotopic (exact) mass is 1290 g/mol. The molecule has 0 atom stereocenters. The molecule has 4 heterocycles. The van der Waals surface area contributed by atoms with Gasteiger partial charge in [0, 0.05) is 55.6 Å². The largest absolute Gasteiger partial charge is 0.534 e. The Morgan fingerprint density at radius 2 is 0.841 bits per heavy atom. The van der Waals surface area contributed by atoms with E-state index in [-0.39, 0.29) is 23.9 Å². The molecular weight excluding hydrogens is 1230 g/mol. The van der Waals surface area contributed by atoms with Crippen molar-refractivity contribution in [2.45, 2.75) is 83.4 Å². The number of benzene rings is 6.